The molecule has 1 amide bonds. The van der Waals surface area contributed by atoms with Crippen LogP contribution in [0.4, 0.5) is 5.69 Å². The van der Waals surface area contributed by atoms with Gasteiger partial charge in [-0.05, 0) is 6.07 Å². The molecule has 0 aliphatic rings. The highest BCUT2D eigenvalue weighted by Gasteiger charge is 2.07. The van der Waals surface area contributed by atoms with Gasteiger partial charge < -0.3 is 0 Å². The second kappa shape index (κ2) is 7.66. The molecule has 3 N–H and O–H groups in total. The maximum Gasteiger partial charge on any atom is 0.342 e. The average molecular weight is 331 g/mol. The predicted octanol–water partition coefficient (Wildman–Crippen LogP) is -0.354. The summed E-state index contributed by atoms with van der Waals surface area (Å²) in [5.74, 6) is -0.569. The van der Waals surface area contributed by atoms with Crippen LogP contribution >= 0.6 is 11.8 Å². The summed E-state index contributed by atoms with van der Waals surface area (Å²) >= 11 is 0.855. The average Bonchev–Trinajstić information content (AvgIpc) is 2.54. The Hall–Kier alpha value is -3.26. The first-order valence-electron chi connectivity index (χ1n) is 6.05. The summed E-state index contributed by atoms with van der Waals surface area (Å²) < 4.78 is 0. The van der Waals surface area contributed by atoms with Gasteiger partial charge >= 0.3 is 5.69 Å². The molecule has 2 rings (SSSR count). The largest absolute Gasteiger partial charge is 0.342 e. The van der Waals surface area contributed by atoms with E-state index in [4.69, 9.17) is 6.57 Å². The van der Waals surface area contributed by atoms with Crippen molar-refractivity contribution >= 4 is 29.6 Å². The van der Waals surface area contributed by atoms with E-state index in [1.54, 1.807) is 12.1 Å². The van der Waals surface area contributed by atoms with E-state index in [9.17, 15) is 14.4 Å². The molecule has 2 heterocycles. The Morgan fingerprint density at radius 1 is 1.48 bits per heavy atom. The second-order valence-corrected chi connectivity index (χ2v) is 4.91. The van der Waals surface area contributed by atoms with Gasteiger partial charge in [0.1, 0.15) is 0 Å². The summed E-state index contributed by atoms with van der Waals surface area (Å²) in [7, 11) is 0. The van der Waals surface area contributed by atoms with E-state index in [2.05, 4.69) is 30.6 Å². The maximum absolute atomic E-state index is 11.6. The zero-order valence-electron chi connectivity index (χ0n) is 11.4. The number of nitrogens with zero attached hydrogens (tertiary/aromatic N) is 4. The molecule has 0 unspecified atom stereocenters. The van der Waals surface area contributed by atoms with Crippen LogP contribution in [0.25, 0.3) is 4.85 Å². The van der Waals surface area contributed by atoms with Crippen molar-refractivity contribution in [2.24, 2.45) is 5.10 Å². The van der Waals surface area contributed by atoms with Crippen LogP contribution < -0.4 is 16.7 Å². The van der Waals surface area contributed by atoms with Crippen molar-refractivity contribution in [3.05, 3.63) is 56.3 Å². The molecule has 0 aliphatic heterocycles. The van der Waals surface area contributed by atoms with Crippen molar-refractivity contribution in [3.63, 3.8) is 0 Å². The number of thioether (sulfide) groups is 1. The minimum absolute atomic E-state index is 0.0277. The molecule has 0 aromatic carbocycles. The summed E-state index contributed by atoms with van der Waals surface area (Å²) in [6.45, 7) is 6.80. The van der Waals surface area contributed by atoms with Crippen molar-refractivity contribution in [2.45, 2.75) is 5.03 Å². The molecule has 116 valence electrons. The monoisotopic (exact) mass is 331 g/mol. The summed E-state index contributed by atoms with van der Waals surface area (Å²) in [4.78, 5) is 42.9. The molecule has 0 spiro atoms. The number of aromatic amines is 2. The van der Waals surface area contributed by atoms with Gasteiger partial charge in [0.25, 0.3) is 5.56 Å². The smallest absolute Gasteiger partial charge is 0.272 e. The molecule has 10 nitrogen and oxygen atoms in total. The number of carbonyl (C=O) groups excluding carboxylic acids is 1. The molecule has 2 aromatic heterocycles. The molecule has 0 saturated carbocycles. The Labute approximate surface area is 132 Å². The Kier molecular flexibility index (Phi) is 5.37. The van der Waals surface area contributed by atoms with Crippen molar-refractivity contribution in [1.82, 2.24) is 25.6 Å². The number of hydrazone groups is 1. The minimum atomic E-state index is -0.717. The number of H-pyrrole nitrogens is 2. The molecular formula is C12H9N7O3S. The number of rotatable bonds is 5. The van der Waals surface area contributed by atoms with Crippen molar-refractivity contribution in [3.8, 4) is 0 Å². The van der Waals surface area contributed by atoms with E-state index >= 15 is 0 Å². The zero-order valence-corrected chi connectivity index (χ0v) is 12.3. The molecule has 0 radical (unpaired) electrons. The van der Waals surface area contributed by atoms with Crippen LogP contribution in [0, 0.1) is 6.57 Å². The van der Waals surface area contributed by atoms with Crippen LogP contribution in [-0.4, -0.2) is 38.0 Å². The van der Waals surface area contributed by atoms with Gasteiger partial charge in [-0.2, -0.15) is 10.2 Å². The highest BCUT2D eigenvalue weighted by molar-refractivity contribution is 7.99. The summed E-state index contributed by atoms with van der Waals surface area (Å²) in [5.41, 5.74) is 1.75. The van der Waals surface area contributed by atoms with Gasteiger partial charge in [0.2, 0.25) is 11.6 Å². The van der Waals surface area contributed by atoms with Crippen LogP contribution in [0.15, 0.2) is 38.0 Å². The van der Waals surface area contributed by atoms with Crippen LogP contribution in [-0.2, 0) is 4.79 Å². The summed E-state index contributed by atoms with van der Waals surface area (Å²) in [5, 5.41) is 9.27. The number of hydrogen-bond acceptors (Lipinski definition) is 7. The Bertz CT molecular complexity index is 879. The van der Waals surface area contributed by atoms with Gasteiger partial charge in [-0.15, -0.1) is 0 Å². The summed E-state index contributed by atoms with van der Waals surface area (Å²) in [6.07, 6.45) is 2.71. The lowest BCUT2D eigenvalue weighted by Crippen LogP contribution is -2.26. The van der Waals surface area contributed by atoms with Crippen LogP contribution in [0.3, 0.4) is 0 Å². The topological polar surface area (TPSA) is 137 Å². The van der Waals surface area contributed by atoms with Gasteiger partial charge in [-0.25, -0.2) is 20.2 Å². The highest BCUT2D eigenvalue weighted by atomic mass is 32.2. The van der Waals surface area contributed by atoms with Crippen molar-refractivity contribution < 1.29 is 4.79 Å². The lowest BCUT2D eigenvalue weighted by Gasteiger charge is -1.98. The number of aromatic nitrogens is 4. The van der Waals surface area contributed by atoms with Crippen LogP contribution in [0.1, 0.15) is 5.69 Å². The summed E-state index contributed by atoms with van der Waals surface area (Å²) in [6, 6.07) is 3.16. The lowest BCUT2D eigenvalue weighted by molar-refractivity contribution is -0.118. The zero-order chi connectivity index (χ0) is 16.7. The van der Waals surface area contributed by atoms with Crippen LogP contribution in [0.5, 0.6) is 0 Å². The molecule has 0 atom stereocenters. The Morgan fingerprint density at radius 2 is 2.30 bits per heavy atom. The van der Waals surface area contributed by atoms with E-state index in [0.29, 0.717) is 11.4 Å². The molecule has 2 aromatic rings. The van der Waals surface area contributed by atoms with E-state index in [-0.39, 0.29) is 10.8 Å². The molecule has 0 aliphatic carbocycles. The van der Waals surface area contributed by atoms with E-state index in [0.717, 1.165) is 11.8 Å². The van der Waals surface area contributed by atoms with Crippen LogP contribution in [0.2, 0.25) is 0 Å². The van der Waals surface area contributed by atoms with Gasteiger partial charge in [-0.3, -0.25) is 19.6 Å². The second-order valence-electron chi connectivity index (χ2n) is 3.95. The maximum atomic E-state index is 11.6. The number of amides is 1. The normalized spacial score (nSPS) is 10.4. The fourth-order valence-corrected chi connectivity index (χ4v) is 1.94. The van der Waals surface area contributed by atoms with Crippen molar-refractivity contribution in [2.75, 3.05) is 5.75 Å². The standard InChI is InChI=1S/C12H9N7O3S/c1-13-7-2-3-8(14-4-7)5-15-17-9(20)6-23-11-10(21)16-12(22)19-18-11/h2-5H,6H2,(H,17,20)(H2,16,19,21,22)/b15-5+. The van der Waals surface area contributed by atoms with E-state index in [1.165, 1.54) is 12.4 Å². The van der Waals surface area contributed by atoms with E-state index < -0.39 is 17.2 Å². The lowest BCUT2D eigenvalue weighted by atomic mass is 10.3. The minimum Gasteiger partial charge on any atom is -0.272 e. The first kappa shape index (κ1) is 16.1. The number of nitrogens with one attached hydrogen (secondary N) is 3. The molecule has 11 heteroatoms. The number of hydrogen-bond donors (Lipinski definition) is 3. The van der Waals surface area contributed by atoms with Crippen molar-refractivity contribution in [1.29, 1.82) is 0 Å². The van der Waals surface area contributed by atoms with Gasteiger partial charge in [0.05, 0.1) is 24.2 Å². The molecule has 23 heavy (non-hydrogen) atoms. The third-order valence-electron chi connectivity index (χ3n) is 2.31. The highest BCUT2D eigenvalue weighted by Crippen LogP contribution is 2.08. The van der Waals surface area contributed by atoms with Gasteiger partial charge in [0, 0.05) is 6.20 Å². The van der Waals surface area contributed by atoms with Gasteiger partial charge in [0.15, 0.2) is 5.03 Å². The molecule has 0 saturated heterocycles. The quantitative estimate of drug-likeness (QED) is 0.296. The first-order valence-corrected chi connectivity index (χ1v) is 7.04. The molecular weight excluding hydrogens is 322 g/mol. The van der Waals surface area contributed by atoms with Gasteiger partial charge in [-0.1, -0.05) is 17.8 Å². The SMILES string of the molecule is [C-]#[N+]c1ccc(/C=N/NC(=O)CSc2n[nH]c(=O)[nH]c2=O)nc1. The fourth-order valence-electron chi connectivity index (χ4n) is 1.31. The third kappa shape index (κ3) is 4.90. The van der Waals surface area contributed by atoms with E-state index in [1.807, 2.05) is 4.98 Å². The third-order valence-corrected chi connectivity index (χ3v) is 3.26. The molecule has 0 bridgehead atoms. The Balaban J connectivity index is 1.85. The fraction of sp³-hybridized carbons (Fsp3) is 0.0833. The predicted molar refractivity (Wildman–Crippen MR) is 82.4 cm³/mol. The number of pyridine rings is 1. The number of carbonyl (C=O) groups is 1. The molecule has 0 fully saturated rings. The Morgan fingerprint density at radius 3 is 2.96 bits per heavy atom. The first-order chi connectivity index (χ1) is 11.1.